The van der Waals surface area contributed by atoms with Gasteiger partial charge in [0.25, 0.3) is 0 Å². The summed E-state index contributed by atoms with van der Waals surface area (Å²) < 4.78 is 2.32. The van der Waals surface area contributed by atoms with Crippen LogP contribution in [0.15, 0.2) is 13.6 Å². The maximum absolute atomic E-state index is 6.39. The van der Waals surface area contributed by atoms with Crippen LogP contribution in [0.1, 0.15) is 36.6 Å². The molecule has 0 spiro atoms. The largest absolute Gasteiger partial charge is 0.121 e. The summed E-state index contributed by atoms with van der Waals surface area (Å²) in [6, 6.07) is 2.13. The van der Waals surface area contributed by atoms with Crippen molar-refractivity contribution in [2.75, 3.05) is 0 Å². The van der Waals surface area contributed by atoms with Crippen LogP contribution in [-0.2, 0) is 0 Å². The molecule has 1 heterocycles. The molecule has 0 aliphatic heterocycles. The molecule has 1 saturated carbocycles. The third-order valence-electron chi connectivity index (χ3n) is 2.79. The normalized spacial score (nSPS) is 19.4. The predicted molar refractivity (Wildman–Crippen MR) is 70.3 cm³/mol. The summed E-state index contributed by atoms with van der Waals surface area (Å²) in [5.41, 5.74) is 1.25. The molecule has 1 aliphatic carbocycles. The molecule has 4 heteroatoms. The minimum Gasteiger partial charge on any atom is -0.121 e. The summed E-state index contributed by atoms with van der Waals surface area (Å²) in [6.45, 7) is 0. The fraction of sp³-hybridized carbons (Fsp3) is 0.600. The highest BCUT2D eigenvalue weighted by atomic mass is 79.9. The van der Waals surface area contributed by atoms with Crippen molar-refractivity contribution < 1.29 is 0 Å². The quantitative estimate of drug-likeness (QED) is 0.604. The molecule has 0 aromatic carbocycles. The topological polar surface area (TPSA) is 0 Å². The van der Waals surface area contributed by atoms with Crippen molar-refractivity contribution in [1.82, 2.24) is 0 Å². The van der Waals surface area contributed by atoms with Crippen LogP contribution in [-0.4, -0.2) is 0 Å². The van der Waals surface area contributed by atoms with E-state index in [0.29, 0.717) is 0 Å². The zero-order valence-electron chi connectivity index (χ0n) is 7.60. The van der Waals surface area contributed by atoms with E-state index in [1.165, 1.54) is 28.6 Å². The average molecular weight is 359 g/mol. The summed E-state index contributed by atoms with van der Waals surface area (Å²) >= 11 is 15.1. The lowest BCUT2D eigenvalue weighted by Crippen LogP contribution is -2.12. The summed E-state index contributed by atoms with van der Waals surface area (Å²) in [7, 11) is 0. The Hall–Kier alpha value is 0.950. The van der Waals surface area contributed by atoms with Gasteiger partial charge in [-0.3, -0.25) is 0 Å². The standard InChI is InChI=1S/C10H11Br2ClS/c11-9-5-7(10(12)14-9)8(13)4-6-2-1-3-6/h5-6,8H,1-4H2. The zero-order chi connectivity index (χ0) is 10.1. The maximum Gasteiger partial charge on any atom is 0.0757 e. The summed E-state index contributed by atoms with van der Waals surface area (Å²) in [5.74, 6) is 0.864. The first-order chi connectivity index (χ1) is 6.66. The summed E-state index contributed by atoms with van der Waals surface area (Å²) in [5, 5.41) is 0.178. The SMILES string of the molecule is ClC(CC1CCC1)c1cc(Br)sc1Br. The van der Waals surface area contributed by atoms with Gasteiger partial charge >= 0.3 is 0 Å². The lowest BCUT2D eigenvalue weighted by molar-refractivity contribution is 0.293. The molecule has 0 nitrogen and oxygen atoms in total. The lowest BCUT2D eigenvalue weighted by atomic mass is 9.81. The molecule has 0 bridgehead atoms. The molecule has 0 saturated heterocycles. The second kappa shape index (κ2) is 4.86. The number of rotatable bonds is 3. The number of halogens is 3. The van der Waals surface area contributed by atoms with Crippen LogP contribution in [0.5, 0.6) is 0 Å². The molecule has 78 valence electrons. The van der Waals surface area contributed by atoms with Crippen LogP contribution in [0.25, 0.3) is 0 Å². The highest BCUT2D eigenvalue weighted by Crippen LogP contribution is 2.43. The Morgan fingerprint density at radius 3 is 2.64 bits per heavy atom. The minimum atomic E-state index is 0.178. The first kappa shape index (κ1) is 11.4. The highest BCUT2D eigenvalue weighted by Gasteiger charge is 2.23. The zero-order valence-corrected chi connectivity index (χ0v) is 12.3. The molecular weight excluding hydrogens is 347 g/mol. The van der Waals surface area contributed by atoms with E-state index in [2.05, 4.69) is 37.9 Å². The summed E-state index contributed by atoms with van der Waals surface area (Å²) in [6.07, 6.45) is 5.25. The van der Waals surface area contributed by atoms with E-state index < -0.39 is 0 Å². The second-order valence-corrected chi connectivity index (χ2v) is 8.06. The maximum atomic E-state index is 6.39. The van der Waals surface area contributed by atoms with E-state index in [-0.39, 0.29) is 5.38 Å². The Bertz CT molecular complexity index is 320. The monoisotopic (exact) mass is 356 g/mol. The smallest absolute Gasteiger partial charge is 0.0757 e. The minimum absolute atomic E-state index is 0.178. The summed E-state index contributed by atoms with van der Waals surface area (Å²) in [4.78, 5) is 0. The molecule has 0 radical (unpaired) electrons. The van der Waals surface area contributed by atoms with Gasteiger partial charge in [-0.1, -0.05) is 19.3 Å². The van der Waals surface area contributed by atoms with Crippen molar-refractivity contribution in [1.29, 1.82) is 0 Å². The molecule has 1 aromatic rings. The molecule has 0 N–H and O–H groups in total. The molecular formula is C10H11Br2ClS. The van der Waals surface area contributed by atoms with Crippen LogP contribution in [0.3, 0.4) is 0 Å². The van der Waals surface area contributed by atoms with Crippen molar-refractivity contribution in [2.24, 2.45) is 5.92 Å². The van der Waals surface area contributed by atoms with Gasteiger partial charge in [-0.25, -0.2) is 0 Å². The third-order valence-corrected chi connectivity index (χ3v) is 5.58. The van der Waals surface area contributed by atoms with Gasteiger partial charge in [-0.15, -0.1) is 22.9 Å². The first-order valence-corrected chi connectivity index (χ1v) is 7.59. The number of hydrogen-bond donors (Lipinski definition) is 0. The van der Waals surface area contributed by atoms with Gasteiger partial charge in [0.2, 0.25) is 0 Å². The highest BCUT2D eigenvalue weighted by molar-refractivity contribution is 9.12. The molecule has 1 unspecified atom stereocenters. The van der Waals surface area contributed by atoms with E-state index in [9.17, 15) is 0 Å². The Kier molecular flexibility index (Phi) is 3.97. The fourth-order valence-electron chi connectivity index (χ4n) is 1.71. The molecule has 1 fully saturated rings. The van der Waals surface area contributed by atoms with Crippen LogP contribution >= 0.6 is 54.8 Å². The fourth-order valence-corrected chi connectivity index (χ4v) is 5.31. The van der Waals surface area contributed by atoms with Crippen molar-refractivity contribution in [2.45, 2.75) is 31.1 Å². The number of hydrogen-bond acceptors (Lipinski definition) is 1. The van der Waals surface area contributed by atoms with Crippen LogP contribution in [0.4, 0.5) is 0 Å². The van der Waals surface area contributed by atoms with Gasteiger partial charge in [0.15, 0.2) is 0 Å². The van der Waals surface area contributed by atoms with Crippen molar-refractivity contribution >= 4 is 54.8 Å². The second-order valence-electron chi connectivity index (χ2n) is 3.78. The van der Waals surface area contributed by atoms with E-state index in [1.54, 1.807) is 11.3 Å². The molecule has 14 heavy (non-hydrogen) atoms. The van der Waals surface area contributed by atoms with E-state index in [1.807, 2.05) is 0 Å². The van der Waals surface area contributed by atoms with Crippen molar-refractivity contribution in [3.8, 4) is 0 Å². The van der Waals surface area contributed by atoms with E-state index in [4.69, 9.17) is 11.6 Å². The van der Waals surface area contributed by atoms with Gasteiger partial charge < -0.3 is 0 Å². The van der Waals surface area contributed by atoms with Crippen LogP contribution < -0.4 is 0 Å². The van der Waals surface area contributed by atoms with E-state index >= 15 is 0 Å². The van der Waals surface area contributed by atoms with Crippen LogP contribution in [0.2, 0.25) is 0 Å². The van der Waals surface area contributed by atoms with Gasteiger partial charge in [0, 0.05) is 0 Å². The van der Waals surface area contributed by atoms with Gasteiger partial charge in [0.1, 0.15) is 0 Å². The Morgan fingerprint density at radius 1 is 1.50 bits per heavy atom. The van der Waals surface area contributed by atoms with Crippen molar-refractivity contribution in [3.63, 3.8) is 0 Å². The third kappa shape index (κ3) is 2.55. The predicted octanol–water partition coefficient (Wildman–Crippen LogP) is 5.74. The molecule has 1 aliphatic rings. The van der Waals surface area contributed by atoms with Gasteiger partial charge in [-0.05, 0) is 55.8 Å². The average Bonchev–Trinajstić information content (AvgIpc) is 2.37. The number of alkyl halides is 1. The van der Waals surface area contributed by atoms with Gasteiger partial charge in [0.05, 0.1) is 12.9 Å². The van der Waals surface area contributed by atoms with Crippen molar-refractivity contribution in [3.05, 3.63) is 19.2 Å². The van der Waals surface area contributed by atoms with Gasteiger partial charge in [-0.2, -0.15) is 0 Å². The molecule has 2 rings (SSSR count). The van der Waals surface area contributed by atoms with E-state index in [0.717, 1.165) is 16.1 Å². The van der Waals surface area contributed by atoms with Crippen LogP contribution in [0, 0.1) is 5.92 Å². The Labute approximate surface area is 110 Å². The number of thiophene rings is 1. The molecule has 1 atom stereocenters. The molecule has 0 amide bonds. The Balaban J connectivity index is 2.02. The lowest BCUT2D eigenvalue weighted by Gasteiger charge is -2.27. The Morgan fingerprint density at radius 2 is 2.21 bits per heavy atom. The molecule has 1 aromatic heterocycles. The first-order valence-electron chi connectivity index (χ1n) is 4.75.